The summed E-state index contributed by atoms with van der Waals surface area (Å²) < 4.78 is 5.04. The number of ether oxygens (including phenoxy) is 1. The van der Waals surface area contributed by atoms with E-state index in [4.69, 9.17) is 9.84 Å². The maximum absolute atomic E-state index is 11.7. The van der Waals surface area contributed by atoms with Crippen LogP contribution in [0.5, 0.6) is 5.75 Å². The molecular formula is C16H24N2O5. The summed E-state index contributed by atoms with van der Waals surface area (Å²) >= 11 is 0. The van der Waals surface area contributed by atoms with Gasteiger partial charge in [0.05, 0.1) is 20.3 Å². The van der Waals surface area contributed by atoms with Crippen molar-refractivity contribution < 1.29 is 24.5 Å². The Morgan fingerprint density at radius 3 is 2.35 bits per heavy atom. The third-order valence-corrected chi connectivity index (χ3v) is 3.47. The van der Waals surface area contributed by atoms with Crippen LogP contribution in [-0.2, 0) is 16.1 Å². The summed E-state index contributed by atoms with van der Waals surface area (Å²) in [4.78, 5) is 23.4. The van der Waals surface area contributed by atoms with Gasteiger partial charge in [0.1, 0.15) is 11.9 Å². The summed E-state index contributed by atoms with van der Waals surface area (Å²) in [5.41, 5.74) is -0.0733. The van der Waals surface area contributed by atoms with Gasteiger partial charge in [-0.3, -0.25) is 9.59 Å². The van der Waals surface area contributed by atoms with E-state index >= 15 is 0 Å². The summed E-state index contributed by atoms with van der Waals surface area (Å²) in [6.07, 6.45) is -1.39. The van der Waals surface area contributed by atoms with Gasteiger partial charge in [-0.25, -0.2) is 0 Å². The molecule has 0 radical (unpaired) electrons. The second kappa shape index (κ2) is 8.50. The highest BCUT2D eigenvalue weighted by atomic mass is 16.5. The molecule has 128 valence electrons. The van der Waals surface area contributed by atoms with Gasteiger partial charge in [-0.2, -0.15) is 0 Å². The zero-order valence-electron chi connectivity index (χ0n) is 13.6. The highest BCUT2D eigenvalue weighted by Crippen LogP contribution is 2.19. The van der Waals surface area contributed by atoms with Crippen LogP contribution in [0.25, 0.3) is 0 Å². The van der Waals surface area contributed by atoms with E-state index in [-0.39, 0.29) is 19.1 Å². The van der Waals surface area contributed by atoms with Gasteiger partial charge < -0.3 is 25.6 Å². The molecule has 1 atom stereocenters. The summed E-state index contributed by atoms with van der Waals surface area (Å²) in [5, 5.41) is 23.9. The van der Waals surface area contributed by atoms with E-state index in [1.165, 1.54) is 0 Å². The van der Waals surface area contributed by atoms with E-state index in [2.05, 4.69) is 10.6 Å². The fourth-order valence-corrected chi connectivity index (χ4v) is 1.71. The van der Waals surface area contributed by atoms with Gasteiger partial charge in [-0.05, 0) is 17.7 Å². The minimum absolute atomic E-state index is 0.243. The van der Waals surface area contributed by atoms with Crippen molar-refractivity contribution in [1.29, 1.82) is 0 Å². The average molecular weight is 324 g/mol. The van der Waals surface area contributed by atoms with Crippen LogP contribution < -0.4 is 15.4 Å². The molecule has 0 spiro atoms. The smallest absolute Gasteiger partial charge is 0.249 e. The van der Waals surface area contributed by atoms with Gasteiger partial charge >= 0.3 is 0 Å². The van der Waals surface area contributed by atoms with Crippen molar-refractivity contribution in [1.82, 2.24) is 10.6 Å². The van der Waals surface area contributed by atoms with Gasteiger partial charge in [-0.1, -0.05) is 26.0 Å². The van der Waals surface area contributed by atoms with E-state index in [1.807, 2.05) is 12.1 Å². The third kappa shape index (κ3) is 5.88. The molecule has 0 fully saturated rings. The lowest BCUT2D eigenvalue weighted by Crippen LogP contribution is -2.48. The van der Waals surface area contributed by atoms with Crippen LogP contribution >= 0.6 is 0 Å². The highest BCUT2D eigenvalue weighted by Gasteiger charge is 2.32. The zero-order valence-corrected chi connectivity index (χ0v) is 13.6. The number of hydrogen-bond acceptors (Lipinski definition) is 5. The van der Waals surface area contributed by atoms with Crippen molar-refractivity contribution in [2.45, 2.75) is 26.5 Å². The molecule has 0 aliphatic rings. The summed E-state index contributed by atoms with van der Waals surface area (Å²) in [7, 11) is 1.58. The van der Waals surface area contributed by atoms with Crippen molar-refractivity contribution >= 4 is 11.8 Å². The fourth-order valence-electron chi connectivity index (χ4n) is 1.71. The number of aliphatic hydroxyl groups excluding tert-OH is 2. The molecule has 7 nitrogen and oxygen atoms in total. The number of methoxy groups -OCH3 is 1. The van der Waals surface area contributed by atoms with Crippen LogP contribution in [0, 0.1) is 5.41 Å². The minimum atomic E-state index is -1.39. The Morgan fingerprint density at radius 2 is 1.83 bits per heavy atom. The number of hydrogen-bond donors (Lipinski definition) is 4. The number of carbonyl (C=O) groups excluding carboxylic acids is 2. The molecule has 1 aromatic carbocycles. The molecular weight excluding hydrogens is 300 g/mol. The molecule has 0 bridgehead atoms. The Bertz CT molecular complexity index is 528. The number of aliphatic hydroxyl groups is 2. The lowest BCUT2D eigenvalue weighted by atomic mass is 9.87. The molecule has 0 heterocycles. The lowest BCUT2D eigenvalue weighted by molar-refractivity contribution is -0.138. The van der Waals surface area contributed by atoms with Gasteiger partial charge in [0.15, 0.2) is 0 Å². The first kappa shape index (κ1) is 18.9. The second-order valence-electron chi connectivity index (χ2n) is 5.89. The van der Waals surface area contributed by atoms with E-state index in [0.717, 1.165) is 11.3 Å². The maximum Gasteiger partial charge on any atom is 0.249 e. The lowest BCUT2D eigenvalue weighted by Gasteiger charge is -2.26. The Morgan fingerprint density at radius 1 is 1.22 bits per heavy atom. The van der Waals surface area contributed by atoms with E-state index in [9.17, 15) is 14.7 Å². The first-order valence-corrected chi connectivity index (χ1v) is 7.26. The third-order valence-electron chi connectivity index (χ3n) is 3.47. The monoisotopic (exact) mass is 324 g/mol. The number of benzene rings is 1. The molecule has 2 amide bonds. The zero-order chi connectivity index (χ0) is 17.5. The molecule has 0 aliphatic carbocycles. The van der Waals surface area contributed by atoms with Crippen LogP contribution in [0.15, 0.2) is 24.3 Å². The van der Waals surface area contributed by atoms with E-state index in [1.54, 1.807) is 33.1 Å². The van der Waals surface area contributed by atoms with Crippen LogP contribution in [-0.4, -0.2) is 48.4 Å². The minimum Gasteiger partial charge on any atom is -0.497 e. The van der Waals surface area contributed by atoms with Gasteiger partial charge in [0.2, 0.25) is 11.8 Å². The molecule has 0 saturated carbocycles. The van der Waals surface area contributed by atoms with Crippen LogP contribution in [0.2, 0.25) is 0 Å². The Kier molecular flexibility index (Phi) is 6.99. The molecule has 0 unspecified atom stereocenters. The Balaban J connectivity index is 2.37. The number of rotatable bonds is 8. The summed E-state index contributed by atoms with van der Waals surface area (Å²) in [6.45, 7) is 2.85. The summed E-state index contributed by atoms with van der Waals surface area (Å²) in [5.74, 6) is -0.334. The molecule has 7 heteroatoms. The second-order valence-corrected chi connectivity index (χ2v) is 5.89. The van der Waals surface area contributed by atoms with Crippen molar-refractivity contribution in [2.24, 2.45) is 5.41 Å². The van der Waals surface area contributed by atoms with Crippen molar-refractivity contribution in [3.8, 4) is 5.75 Å². The standard InChI is InChI=1S/C16H24N2O5/c1-16(2,10-19)14(21)15(22)18-9-13(20)17-8-11-4-6-12(23-3)7-5-11/h4-7,14,19,21H,8-10H2,1-3H3,(H,17,20)(H,18,22)/t14-/m0/s1. The highest BCUT2D eigenvalue weighted by molar-refractivity contribution is 5.87. The quantitative estimate of drug-likeness (QED) is 0.530. The van der Waals surface area contributed by atoms with E-state index in [0.29, 0.717) is 6.54 Å². The molecule has 1 rings (SSSR count). The summed E-state index contributed by atoms with van der Waals surface area (Å²) in [6, 6.07) is 7.23. The molecule has 1 aromatic rings. The number of carbonyl (C=O) groups is 2. The van der Waals surface area contributed by atoms with Crippen molar-refractivity contribution in [2.75, 3.05) is 20.3 Å². The molecule has 0 aromatic heterocycles. The van der Waals surface area contributed by atoms with Gasteiger partial charge in [0, 0.05) is 12.0 Å². The van der Waals surface area contributed by atoms with Crippen LogP contribution in [0.1, 0.15) is 19.4 Å². The predicted octanol–water partition coefficient (Wildman–Crippen LogP) is -0.193. The average Bonchev–Trinajstić information content (AvgIpc) is 2.57. The van der Waals surface area contributed by atoms with Crippen LogP contribution in [0.4, 0.5) is 0 Å². The van der Waals surface area contributed by atoms with E-state index < -0.39 is 17.4 Å². The molecule has 4 N–H and O–H groups in total. The van der Waals surface area contributed by atoms with Gasteiger partial charge in [-0.15, -0.1) is 0 Å². The number of amides is 2. The molecule has 0 aliphatic heterocycles. The SMILES string of the molecule is COc1ccc(CNC(=O)CNC(=O)[C@H](O)C(C)(C)CO)cc1. The first-order valence-electron chi connectivity index (χ1n) is 7.26. The van der Waals surface area contributed by atoms with Crippen molar-refractivity contribution in [3.63, 3.8) is 0 Å². The largest absolute Gasteiger partial charge is 0.497 e. The number of nitrogens with one attached hydrogen (secondary N) is 2. The Labute approximate surface area is 135 Å². The van der Waals surface area contributed by atoms with Crippen molar-refractivity contribution in [3.05, 3.63) is 29.8 Å². The predicted molar refractivity (Wildman–Crippen MR) is 84.7 cm³/mol. The maximum atomic E-state index is 11.7. The van der Waals surface area contributed by atoms with Gasteiger partial charge in [0.25, 0.3) is 0 Å². The molecule has 0 saturated heterocycles. The normalized spacial score (nSPS) is 12.4. The fraction of sp³-hybridized carbons (Fsp3) is 0.500. The van der Waals surface area contributed by atoms with Crippen LogP contribution in [0.3, 0.4) is 0 Å². The topological polar surface area (TPSA) is 108 Å². The first-order chi connectivity index (χ1) is 10.8. The Hall–Kier alpha value is -2.12. The molecule has 23 heavy (non-hydrogen) atoms.